The van der Waals surface area contributed by atoms with Crippen LogP contribution in [-0.4, -0.2) is 49.1 Å². The van der Waals surface area contributed by atoms with E-state index in [1.807, 2.05) is 0 Å². The van der Waals surface area contributed by atoms with Crippen LogP contribution in [-0.2, 0) is 14.3 Å². The Morgan fingerprint density at radius 1 is 1.35 bits per heavy atom. The third-order valence-electron chi connectivity index (χ3n) is 3.81. The van der Waals surface area contributed by atoms with Gasteiger partial charge in [0.25, 0.3) is 0 Å². The molecule has 2 saturated heterocycles. The molecular formula is C12H20N2O3. The Balaban J connectivity index is 2.05. The lowest BCUT2D eigenvalue weighted by atomic mass is 10.0. The van der Waals surface area contributed by atoms with Crippen LogP contribution in [0.1, 0.15) is 26.2 Å². The molecular weight excluding hydrogens is 220 g/mol. The molecule has 3 atom stereocenters. The fraction of sp³-hybridized carbons (Fsp3) is 0.833. The number of amides is 1. The number of hydrogen-bond donors (Lipinski definition) is 1. The Morgan fingerprint density at radius 3 is 2.71 bits per heavy atom. The van der Waals surface area contributed by atoms with Gasteiger partial charge in [0.05, 0.1) is 13.2 Å². The van der Waals surface area contributed by atoms with Crippen molar-refractivity contribution < 1.29 is 14.3 Å². The summed E-state index contributed by atoms with van der Waals surface area (Å²) in [6.07, 6.45) is 2.62. The van der Waals surface area contributed by atoms with Crippen molar-refractivity contribution in [2.75, 3.05) is 20.2 Å². The average Bonchev–Trinajstić information content (AvgIpc) is 2.95. The SMILES string of the molecule is COC(=O)C1CCCN1C(=O)C1NCCC1C. The summed E-state index contributed by atoms with van der Waals surface area (Å²) in [5.41, 5.74) is 0. The first-order chi connectivity index (χ1) is 8.15. The monoisotopic (exact) mass is 240 g/mol. The van der Waals surface area contributed by atoms with Crippen molar-refractivity contribution in [3.8, 4) is 0 Å². The van der Waals surface area contributed by atoms with E-state index in [0.717, 1.165) is 25.8 Å². The van der Waals surface area contributed by atoms with Crippen LogP contribution in [0.25, 0.3) is 0 Å². The number of ether oxygens (including phenoxy) is 1. The summed E-state index contributed by atoms with van der Waals surface area (Å²) in [6, 6.07) is -0.498. The van der Waals surface area contributed by atoms with Crippen LogP contribution in [0.4, 0.5) is 0 Å². The quantitative estimate of drug-likeness (QED) is 0.698. The topological polar surface area (TPSA) is 58.6 Å². The van der Waals surface area contributed by atoms with E-state index in [4.69, 9.17) is 4.74 Å². The summed E-state index contributed by atoms with van der Waals surface area (Å²) in [7, 11) is 1.37. The fourth-order valence-electron chi connectivity index (χ4n) is 2.76. The maximum absolute atomic E-state index is 12.3. The number of rotatable bonds is 2. The van der Waals surface area contributed by atoms with Gasteiger partial charge in [0.2, 0.25) is 5.91 Å². The molecule has 2 fully saturated rings. The molecule has 1 amide bonds. The summed E-state index contributed by atoms with van der Waals surface area (Å²) in [5.74, 6) is 0.116. The van der Waals surface area contributed by atoms with Crippen LogP contribution in [0.2, 0.25) is 0 Å². The lowest BCUT2D eigenvalue weighted by molar-refractivity contribution is -0.151. The average molecular weight is 240 g/mol. The van der Waals surface area contributed by atoms with Crippen molar-refractivity contribution in [2.45, 2.75) is 38.3 Å². The molecule has 0 radical (unpaired) electrons. The fourth-order valence-corrected chi connectivity index (χ4v) is 2.76. The molecule has 96 valence electrons. The van der Waals surface area contributed by atoms with Gasteiger partial charge in [0.15, 0.2) is 0 Å². The first-order valence-electron chi connectivity index (χ1n) is 6.27. The number of carbonyl (C=O) groups is 2. The first-order valence-corrected chi connectivity index (χ1v) is 6.27. The van der Waals surface area contributed by atoms with Gasteiger partial charge >= 0.3 is 5.97 Å². The van der Waals surface area contributed by atoms with E-state index in [0.29, 0.717) is 12.5 Å². The zero-order valence-corrected chi connectivity index (χ0v) is 10.4. The van der Waals surface area contributed by atoms with Crippen LogP contribution >= 0.6 is 0 Å². The van der Waals surface area contributed by atoms with E-state index < -0.39 is 0 Å². The molecule has 1 N–H and O–H groups in total. The summed E-state index contributed by atoms with van der Waals surface area (Å²) in [5, 5.41) is 3.22. The van der Waals surface area contributed by atoms with Gasteiger partial charge < -0.3 is 15.0 Å². The molecule has 0 spiro atoms. The highest BCUT2D eigenvalue weighted by atomic mass is 16.5. The molecule has 17 heavy (non-hydrogen) atoms. The van der Waals surface area contributed by atoms with E-state index in [-0.39, 0.29) is 24.0 Å². The van der Waals surface area contributed by atoms with E-state index >= 15 is 0 Å². The molecule has 5 nitrogen and oxygen atoms in total. The number of likely N-dealkylation sites (tertiary alicyclic amines) is 1. The molecule has 5 heteroatoms. The van der Waals surface area contributed by atoms with E-state index in [9.17, 15) is 9.59 Å². The number of nitrogens with one attached hydrogen (secondary N) is 1. The van der Waals surface area contributed by atoms with Crippen molar-refractivity contribution >= 4 is 11.9 Å². The van der Waals surface area contributed by atoms with Crippen LogP contribution in [0, 0.1) is 5.92 Å². The highest BCUT2D eigenvalue weighted by molar-refractivity contribution is 5.88. The zero-order chi connectivity index (χ0) is 12.4. The molecule has 0 aliphatic carbocycles. The van der Waals surface area contributed by atoms with Gasteiger partial charge in [-0.25, -0.2) is 4.79 Å². The molecule has 0 aromatic carbocycles. The predicted octanol–water partition coefficient (Wildman–Crippen LogP) is 0.148. The maximum atomic E-state index is 12.3. The number of esters is 1. The summed E-state index contributed by atoms with van der Waals surface area (Å²) < 4.78 is 4.75. The number of nitrogens with zero attached hydrogens (tertiary/aromatic N) is 1. The molecule has 0 saturated carbocycles. The maximum Gasteiger partial charge on any atom is 0.328 e. The van der Waals surface area contributed by atoms with E-state index in [2.05, 4.69) is 12.2 Å². The number of carbonyl (C=O) groups excluding carboxylic acids is 2. The Labute approximate surface area is 101 Å². The van der Waals surface area contributed by atoms with Gasteiger partial charge in [0.1, 0.15) is 6.04 Å². The van der Waals surface area contributed by atoms with Crippen LogP contribution in [0.15, 0.2) is 0 Å². The van der Waals surface area contributed by atoms with Crippen molar-refractivity contribution in [1.82, 2.24) is 10.2 Å². The second-order valence-electron chi connectivity index (χ2n) is 4.91. The van der Waals surface area contributed by atoms with E-state index in [1.165, 1.54) is 7.11 Å². The van der Waals surface area contributed by atoms with Crippen molar-refractivity contribution in [1.29, 1.82) is 0 Å². The summed E-state index contributed by atoms with van der Waals surface area (Å²) in [6.45, 7) is 3.63. The minimum absolute atomic E-state index is 0.0582. The minimum Gasteiger partial charge on any atom is -0.467 e. The van der Waals surface area contributed by atoms with Crippen LogP contribution in [0.3, 0.4) is 0 Å². The van der Waals surface area contributed by atoms with Gasteiger partial charge in [0, 0.05) is 6.54 Å². The molecule has 2 rings (SSSR count). The summed E-state index contributed by atoms with van der Waals surface area (Å²) in [4.78, 5) is 25.6. The highest BCUT2D eigenvalue weighted by Crippen LogP contribution is 2.23. The second kappa shape index (κ2) is 5.04. The Hall–Kier alpha value is -1.10. The molecule has 0 bridgehead atoms. The Kier molecular flexibility index (Phi) is 3.66. The predicted molar refractivity (Wildman–Crippen MR) is 62.3 cm³/mol. The molecule has 2 aliphatic rings. The lowest BCUT2D eigenvalue weighted by Crippen LogP contribution is -2.50. The standard InChI is InChI=1S/C12H20N2O3/c1-8-5-6-13-10(8)11(15)14-7-3-4-9(14)12(16)17-2/h8-10,13H,3-7H2,1-2H3. The lowest BCUT2D eigenvalue weighted by Gasteiger charge is -2.27. The van der Waals surface area contributed by atoms with E-state index in [1.54, 1.807) is 4.90 Å². The van der Waals surface area contributed by atoms with Crippen molar-refractivity contribution in [2.24, 2.45) is 5.92 Å². The third kappa shape index (κ3) is 2.29. The van der Waals surface area contributed by atoms with Crippen LogP contribution in [0.5, 0.6) is 0 Å². The Morgan fingerprint density at radius 2 is 2.12 bits per heavy atom. The summed E-state index contributed by atoms with van der Waals surface area (Å²) >= 11 is 0. The molecule has 2 aliphatic heterocycles. The van der Waals surface area contributed by atoms with Gasteiger partial charge in [-0.3, -0.25) is 4.79 Å². The largest absolute Gasteiger partial charge is 0.467 e. The van der Waals surface area contributed by atoms with Gasteiger partial charge in [-0.2, -0.15) is 0 Å². The zero-order valence-electron chi connectivity index (χ0n) is 10.4. The Bertz CT molecular complexity index is 319. The van der Waals surface area contributed by atoms with Gasteiger partial charge in [-0.05, 0) is 31.7 Å². The van der Waals surface area contributed by atoms with Gasteiger partial charge in [-0.15, -0.1) is 0 Å². The smallest absolute Gasteiger partial charge is 0.328 e. The molecule has 3 unspecified atom stereocenters. The van der Waals surface area contributed by atoms with Gasteiger partial charge in [-0.1, -0.05) is 6.92 Å². The molecule has 0 aromatic rings. The van der Waals surface area contributed by atoms with Crippen molar-refractivity contribution in [3.05, 3.63) is 0 Å². The minimum atomic E-state index is -0.373. The molecule has 2 heterocycles. The highest BCUT2D eigenvalue weighted by Gasteiger charge is 2.40. The first kappa shape index (κ1) is 12.4. The molecule has 0 aromatic heterocycles. The number of hydrogen-bond acceptors (Lipinski definition) is 4. The van der Waals surface area contributed by atoms with Crippen LogP contribution < -0.4 is 5.32 Å². The second-order valence-corrected chi connectivity index (χ2v) is 4.91. The normalized spacial score (nSPS) is 32.8. The third-order valence-corrected chi connectivity index (χ3v) is 3.81. The number of methoxy groups -OCH3 is 1. The van der Waals surface area contributed by atoms with Crippen molar-refractivity contribution in [3.63, 3.8) is 0 Å².